The Bertz CT molecular complexity index is 128. The average molecular weight is 232 g/mol. The molecular weight excluding hydrogens is 204 g/mol. The number of hydrogen-bond donors (Lipinski definition) is 0. The van der Waals surface area contributed by atoms with Crippen molar-refractivity contribution >= 4 is 0 Å². The van der Waals surface area contributed by atoms with Crippen molar-refractivity contribution < 1.29 is 14.2 Å². The minimum absolute atomic E-state index is 0.675. The Labute approximate surface area is 100 Å². The Morgan fingerprint density at radius 1 is 0.750 bits per heavy atom. The van der Waals surface area contributed by atoms with E-state index in [4.69, 9.17) is 14.2 Å². The number of hydrogen-bond acceptors (Lipinski definition) is 3. The van der Waals surface area contributed by atoms with Crippen LogP contribution in [0.3, 0.4) is 0 Å². The van der Waals surface area contributed by atoms with Crippen molar-refractivity contribution in [3.8, 4) is 0 Å². The zero-order chi connectivity index (χ0) is 12.1. The maximum absolute atomic E-state index is 5.47. The van der Waals surface area contributed by atoms with Crippen LogP contribution in [0.15, 0.2) is 0 Å². The van der Waals surface area contributed by atoms with Gasteiger partial charge in [-0.2, -0.15) is 0 Å². The molecule has 0 N–H and O–H groups in total. The molecule has 0 aliphatic heterocycles. The molecule has 3 heteroatoms. The highest BCUT2D eigenvalue weighted by molar-refractivity contribution is 4.48. The Balaban J connectivity index is 2.93. The van der Waals surface area contributed by atoms with Gasteiger partial charge in [-0.25, -0.2) is 0 Å². The van der Waals surface area contributed by atoms with Crippen LogP contribution in [0.1, 0.15) is 40.0 Å². The summed E-state index contributed by atoms with van der Waals surface area (Å²) in [7, 11) is 0. The second-order valence-electron chi connectivity index (χ2n) is 4.14. The van der Waals surface area contributed by atoms with Gasteiger partial charge in [-0.05, 0) is 18.8 Å². The van der Waals surface area contributed by atoms with Crippen LogP contribution in [-0.4, -0.2) is 39.6 Å². The largest absolute Gasteiger partial charge is 0.379 e. The van der Waals surface area contributed by atoms with Gasteiger partial charge >= 0.3 is 0 Å². The first-order valence-electron chi connectivity index (χ1n) is 6.54. The molecule has 1 unspecified atom stereocenters. The van der Waals surface area contributed by atoms with Gasteiger partial charge in [-0.1, -0.05) is 27.2 Å². The van der Waals surface area contributed by atoms with E-state index in [1.165, 1.54) is 6.42 Å². The molecular formula is C13H28O3. The van der Waals surface area contributed by atoms with E-state index in [0.717, 1.165) is 32.0 Å². The predicted octanol–water partition coefficient (Wildman–Crippen LogP) is 2.88. The van der Waals surface area contributed by atoms with Crippen molar-refractivity contribution in [1.82, 2.24) is 0 Å². The topological polar surface area (TPSA) is 27.7 Å². The van der Waals surface area contributed by atoms with E-state index in [9.17, 15) is 0 Å². The summed E-state index contributed by atoms with van der Waals surface area (Å²) in [4.78, 5) is 0. The molecule has 1 atom stereocenters. The molecule has 0 saturated heterocycles. The Morgan fingerprint density at radius 3 is 1.75 bits per heavy atom. The summed E-state index contributed by atoms with van der Waals surface area (Å²) in [6, 6.07) is 0. The predicted molar refractivity (Wildman–Crippen MR) is 66.8 cm³/mol. The smallest absolute Gasteiger partial charge is 0.0701 e. The minimum Gasteiger partial charge on any atom is -0.379 e. The average Bonchev–Trinajstić information content (AvgIpc) is 2.31. The fraction of sp³-hybridized carbons (Fsp3) is 1.00. The first-order chi connectivity index (χ1) is 7.81. The summed E-state index contributed by atoms with van der Waals surface area (Å²) in [5, 5.41) is 0. The summed E-state index contributed by atoms with van der Waals surface area (Å²) >= 11 is 0. The van der Waals surface area contributed by atoms with E-state index in [0.29, 0.717) is 26.4 Å². The standard InChI is InChI=1S/C13H28O3/c1-4-7-14-9-11-16-12-10-15-8-6-13(3)5-2/h13H,4-12H2,1-3H3. The monoisotopic (exact) mass is 232 g/mol. The van der Waals surface area contributed by atoms with E-state index in [2.05, 4.69) is 20.8 Å². The zero-order valence-corrected chi connectivity index (χ0v) is 11.2. The fourth-order valence-electron chi connectivity index (χ4n) is 1.17. The molecule has 0 radical (unpaired) electrons. The molecule has 0 bridgehead atoms. The fourth-order valence-corrected chi connectivity index (χ4v) is 1.17. The number of ether oxygens (including phenoxy) is 3. The highest BCUT2D eigenvalue weighted by atomic mass is 16.5. The van der Waals surface area contributed by atoms with E-state index in [-0.39, 0.29) is 0 Å². The Morgan fingerprint density at radius 2 is 1.25 bits per heavy atom. The second kappa shape index (κ2) is 12.9. The van der Waals surface area contributed by atoms with Crippen LogP contribution in [-0.2, 0) is 14.2 Å². The molecule has 0 amide bonds. The lowest BCUT2D eigenvalue weighted by molar-refractivity contribution is 0.0126. The molecule has 0 saturated carbocycles. The molecule has 0 rings (SSSR count). The van der Waals surface area contributed by atoms with Gasteiger partial charge in [0.25, 0.3) is 0 Å². The van der Waals surface area contributed by atoms with Crippen LogP contribution >= 0.6 is 0 Å². The van der Waals surface area contributed by atoms with Crippen LogP contribution in [0, 0.1) is 5.92 Å². The van der Waals surface area contributed by atoms with Gasteiger partial charge in [-0.3, -0.25) is 0 Å². The Hall–Kier alpha value is -0.120. The quantitative estimate of drug-likeness (QED) is 0.484. The van der Waals surface area contributed by atoms with Crippen molar-refractivity contribution in [3.63, 3.8) is 0 Å². The lowest BCUT2D eigenvalue weighted by atomic mass is 10.1. The van der Waals surface area contributed by atoms with Crippen LogP contribution in [0.4, 0.5) is 0 Å². The third-order valence-corrected chi connectivity index (χ3v) is 2.54. The molecule has 0 aliphatic rings. The Kier molecular flexibility index (Phi) is 12.9. The van der Waals surface area contributed by atoms with Crippen LogP contribution < -0.4 is 0 Å². The highest BCUT2D eigenvalue weighted by Gasteiger charge is 1.97. The van der Waals surface area contributed by atoms with Crippen molar-refractivity contribution in [3.05, 3.63) is 0 Å². The summed E-state index contributed by atoms with van der Waals surface area (Å²) in [6.07, 6.45) is 3.45. The van der Waals surface area contributed by atoms with Gasteiger partial charge in [0.05, 0.1) is 26.4 Å². The lowest BCUT2D eigenvalue weighted by Crippen LogP contribution is -2.10. The van der Waals surface area contributed by atoms with E-state index < -0.39 is 0 Å². The van der Waals surface area contributed by atoms with Gasteiger partial charge in [0.1, 0.15) is 0 Å². The number of rotatable bonds is 12. The van der Waals surface area contributed by atoms with Crippen molar-refractivity contribution in [2.45, 2.75) is 40.0 Å². The SMILES string of the molecule is CCCOCCOCCOCCC(C)CC. The van der Waals surface area contributed by atoms with Crippen molar-refractivity contribution in [2.24, 2.45) is 5.92 Å². The van der Waals surface area contributed by atoms with Gasteiger partial charge in [-0.15, -0.1) is 0 Å². The maximum Gasteiger partial charge on any atom is 0.0701 e. The molecule has 0 aromatic heterocycles. The summed E-state index contributed by atoms with van der Waals surface area (Å²) < 4.78 is 16.1. The van der Waals surface area contributed by atoms with Gasteiger partial charge in [0.2, 0.25) is 0 Å². The van der Waals surface area contributed by atoms with Gasteiger partial charge in [0.15, 0.2) is 0 Å². The first kappa shape index (κ1) is 15.9. The van der Waals surface area contributed by atoms with E-state index >= 15 is 0 Å². The first-order valence-corrected chi connectivity index (χ1v) is 6.54. The second-order valence-corrected chi connectivity index (χ2v) is 4.14. The van der Waals surface area contributed by atoms with Crippen LogP contribution in [0.2, 0.25) is 0 Å². The summed E-state index contributed by atoms with van der Waals surface area (Å²) in [5.74, 6) is 0.767. The molecule has 0 fully saturated rings. The van der Waals surface area contributed by atoms with Gasteiger partial charge < -0.3 is 14.2 Å². The molecule has 16 heavy (non-hydrogen) atoms. The molecule has 3 nitrogen and oxygen atoms in total. The van der Waals surface area contributed by atoms with E-state index in [1.54, 1.807) is 0 Å². The summed E-state index contributed by atoms with van der Waals surface area (Å²) in [5.41, 5.74) is 0. The maximum atomic E-state index is 5.47. The van der Waals surface area contributed by atoms with Crippen molar-refractivity contribution in [1.29, 1.82) is 0 Å². The molecule has 98 valence electrons. The molecule has 0 aromatic carbocycles. The zero-order valence-electron chi connectivity index (χ0n) is 11.2. The summed E-state index contributed by atoms with van der Waals surface area (Å²) in [6.45, 7) is 11.0. The third-order valence-electron chi connectivity index (χ3n) is 2.54. The molecule has 0 aliphatic carbocycles. The van der Waals surface area contributed by atoms with Gasteiger partial charge in [0, 0.05) is 13.2 Å². The molecule has 0 heterocycles. The van der Waals surface area contributed by atoms with E-state index in [1.807, 2.05) is 0 Å². The van der Waals surface area contributed by atoms with Crippen molar-refractivity contribution in [2.75, 3.05) is 39.6 Å². The van der Waals surface area contributed by atoms with Crippen LogP contribution in [0.25, 0.3) is 0 Å². The molecule has 0 spiro atoms. The molecule has 0 aromatic rings. The minimum atomic E-state index is 0.675. The third kappa shape index (κ3) is 12.0. The van der Waals surface area contributed by atoms with Crippen LogP contribution in [0.5, 0.6) is 0 Å². The highest BCUT2D eigenvalue weighted by Crippen LogP contribution is 2.05. The lowest BCUT2D eigenvalue weighted by Gasteiger charge is -2.09. The normalized spacial score (nSPS) is 12.9.